The minimum atomic E-state index is -1.21. The molecule has 246 valence electrons. The Morgan fingerprint density at radius 3 is 2.02 bits per heavy atom. The van der Waals surface area contributed by atoms with Crippen LogP contribution in [-0.4, -0.2) is 25.9 Å². The van der Waals surface area contributed by atoms with Crippen molar-refractivity contribution in [3.05, 3.63) is 131 Å². The number of unbranched alkanes of at least 4 members (excludes halogenated alkanes) is 3. The number of carboxylic acids is 1. The number of thiophene rings is 1. The van der Waals surface area contributed by atoms with Crippen molar-refractivity contribution >= 4 is 63.7 Å². The number of aromatic amines is 2. The molecule has 6 heterocycles. The number of aryl methyl sites for hydroxylation is 1. The summed E-state index contributed by atoms with van der Waals surface area (Å²) < 4.78 is 0. The number of carbonyl (C=O) groups excluding carboxylic acids is 1. The molecule has 8 rings (SSSR count). The Morgan fingerprint density at radius 2 is 1.31 bits per heavy atom. The second-order valence-corrected chi connectivity index (χ2v) is 13.9. The quantitative estimate of drug-likeness (QED) is 0.114. The fourth-order valence-electron chi connectivity index (χ4n) is 6.60. The van der Waals surface area contributed by atoms with Crippen LogP contribution in [-0.2, 0) is 25.9 Å². The van der Waals surface area contributed by atoms with E-state index in [2.05, 4.69) is 65.4 Å². The van der Waals surface area contributed by atoms with Crippen LogP contribution in [0, 0.1) is 0 Å². The number of fused-ring (bicyclic) bond motifs is 8. The average molecular weight is 737 g/mol. The van der Waals surface area contributed by atoms with Crippen molar-refractivity contribution in [1.29, 1.82) is 0 Å². The van der Waals surface area contributed by atoms with Crippen molar-refractivity contribution in [3.8, 4) is 32.0 Å². The summed E-state index contributed by atoms with van der Waals surface area (Å²) in [6, 6.07) is 32.5. The smallest absolute Gasteiger partial charge is 0.545 e. The van der Waals surface area contributed by atoms with E-state index in [1.165, 1.54) is 41.7 Å². The number of carboxylic acid groups (broad SMARTS) is 1. The molecule has 2 aliphatic rings. The van der Waals surface area contributed by atoms with Gasteiger partial charge in [0.1, 0.15) is 0 Å². The predicted molar refractivity (Wildman–Crippen MR) is 205 cm³/mol. The van der Waals surface area contributed by atoms with Gasteiger partial charge in [-0.25, -0.2) is 9.97 Å². The molecule has 0 unspecified atom stereocenters. The van der Waals surface area contributed by atoms with Crippen LogP contribution in [0.4, 0.5) is 0 Å². The Morgan fingerprint density at radius 1 is 0.667 bits per heavy atom. The monoisotopic (exact) mass is 735 g/mol. The standard InChI is InChI=1S/C43H36N4O2S.Zn/c1-2-3-4-5-6-27-7-9-28(10-8-27)39-21-22-40(50-39)37-26-36-25-34-18-17-32(45-34)23-31-15-16-33(44-31)24-35-19-20-38(46-35)41(42(37)47-36)29-11-13-30(14-12-29)43(48)49;/h7-26,44,47H,2-6H2,1H3,(H,48,49);/q;+2/p-1. The van der Waals surface area contributed by atoms with Crippen LogP contribution in [0.25, 0.3) is 78.4 Å². The molecule has 0 amide bonds. The minimum absolute atomic E-state index is 0. The molecule has 8 bridgehead atoms. The van der Waals surface area contributed by atoms with E-state index in [1.807, 2.05) is 60.7 Å². The summed E-state index contributed by atoms with van der Waals surface area (Å²) in [7, 11) is 0. The maximum absolute atomic E-state index is 11.7. The molecule has 6 aromatic rings. The number of benzene rings is 2. The van der Waals surface area contributed by atoms with E-state index in [-0.39, 0.29) is 25.0 Å². The van der Waals surface area contributed by atoms with Crippen LogP contribution in [0.5, 0.6) is 0 Å². The van der Waals surface area contributed by atoms with Gasteiger partial charge in [0.2, 0.25) is 0 Å². The van der Waals surface area contributed by atoms with Crippen molar-refractivity contribution in [2.45, 2.75) is 39.0 Å². The number of hydrogen-bond donors (Lipinski definition) is 2. The van der Waals surface area contributed by atoms with Crippen molar-refractivity contribution in [3.63, 3.8) is 0 Å². The number of aromatic carboxylic acids is 1. The first-order valence-corrected chi connectivity index (χ1v) is 17.9. The van der Waals surface area contributed by atoms with Gasteiger partial charge in [-0.2, -0.15) is 0 Å². The van der Waals surface area contributed by atoms with E-state index in [4.69, 9.17) is 9.97 Å². The van der Waals surface area contributed by atoms with Crippen LogP contribution >= 0.6 is 11.3 Å². The van der Waals surface area contributed by atoms with Gasteiger partial charge in [-0.3, -0.25) is 0 Å². The summed E-state index contributed by atoms with van der Waals surface area (Å²) in [6.07, 6.45) is 14.2. The molecule has 0 radical (unpaired) electrons. The van der Waals surface area contributed by atoms with Gasteiger partial charge >= 0.3 is 19.5 Å². The van der Waals surface area contributed by atoms with E-state index in [9.17, 15) is 9.90 Å². The van der Waals surface area contributed by atoms with E-state index >= 15 is 0 Å². The number of rotatable bonds is 9. The zero-order valence-corrected chi connectivity index (χ0v) is 32.2. The second kappa shape index (κ2) is 15.0. The fraction of sp³-hybridized carbons (Fsp3) is 0.140. The largest absolute Gasteiger partial charge is 2.00 e. The van der Waals surface area contributed by atoms with Gasteiger partial charge in [0.15, 0.2) is 0 Å². The van der Waals surface area contributed by atoms with E-state index in [1.54, 1.807) is 23.5 Å². The number of nitrogens with one attached hydrogen (secondary N) is 2. The summed E-state index contributed by atoms with van der Waals surface area (Å²) >= 11 is 1.75. The first-order valence-electron chi connectivity index (χ1n) is 17.1. The molecule has 51 heavy (non-hydrogen) atoms. The van der Waals surface area contributed by atoms with E-state index in [0.29, 0.717) is 0 Å². The predicted octanol–water partition coefficient (Wildman–Crippen LogP) is 10.2. The minimum Gasteiger partial charge on any atom is -0.545 e. The molecule has 0 spiro atoms. The zero-order valence-electron chi connectivity index (χ0n) is 28.4. The maximum Gasteiger partial charge on any atom is 2.00 e. The SMILES string of the molecule is CCCCCCc1ccc(-c2ccc(-c3cc4cc5nc(cc6ccc(cc7nc(c(-c8ccc(C(=O)[O-])cc8)c3[nH]4)C=C7)[nH]6)C=C5)s2)cc1.[Zn+2]. The maximum atomic E-state index is 11.7. The first kappa shape index (κ1) is 34.3. The van der Waals surface area contributed by atoms with E-state index in [0.717, 1.165) is 72.8 Å². The van der Waals surface area contributed by atoms with Crippen LogP contribution < -0.4 is 5.11 Å². The van der Waals surface area contributed by atoms with Crippen molar-refractivity contribution in [2.75, 3.05) is 0 Å². The molecule has 0 fully saturated rings. The molecule has 0 atom stereocenters. The molecule has 8 heteroatoms. The van der Waals surface area contributed by atoms with Crippen LogP contribution in [0.2, 0.25) is 0 Å². The molecule has 0 saturated carbocycles. The summed E-state index contributed by atoms with van der Waals surface area (Å²) in [5.41, 5.74) is 12.4. The average Bonchev–Trinajstić information content (AvgIpc) is 3.97. The van der Waals surface area contributed by atoms with Crippen LogP contribution in [0.15, 0.2) is 97.1 Å². The van der Waals surface area contributed by atoms with E-state index < -0.39 is 5.97 Å². The van der Waals surface area contributed by atoms with Crippen LogP contribution in [0.1, 0.15) is 71.3 Å². The van der Waals surface area contributed by atoms with Gasteiger partial charge in [0, 0.05) is 37.4 Å². The Hall–Kier alpha value is -5.17. The molecule has 2 N–H and O–H groups in total. The topological polar surface area (TPSA) is 97.5 Å². The summed E-state index contributed by atoms with van der Waals surface area (Å²) in [6.45, 7) is 2.25. The Bertz CT molecular complexity index is 2450. The third-order valence-corrected chi connectivity index (χ3v) is 10.3. The number of hydrogen-bond acceptors (Lipinski definition) is 5. The molecule has 2 aromatic carbocycles. The van der Waals surface area contributed by atoms with Crippen LogP contribution in [0.3, 0.4) is 0 Å². The Kier molecular flexibility index (Phi) is 10.1. The van der Waals surface area contributed by atoms with Gasteiger partial charge in [0.25, 0.3) is 0 Å². The fourth-order valence-corrected chi connectivity index (χ4v) is 7.63. The summed E-state index contributed by atoms with van der Waals surface area (Å²) in [5, 5.41) is 11.7. The van der Waals surface area contributed by atoms with Crippen molar-refractivity contribution < 1.29 is 29.4 Å². The van der Waals surface area contributed by atoms with Gasteiger partial charge in [-0.15, -0.1) is 11.3 Å². The van der Waals surface area contributed by atoms with Gasteiger partial charge in [0.05, 0.1) is 34.3 Å². The number of nitrogens with zero attached hydrogens (tertiary/aromatic N) is 2. The normalized spacial score (nSPS) is 11.9. The molecule has 4 aromatic heterocycles. The summed E-state index contributed by atoms with van der Waals surface area (Å²) in [4.78, 5) is 31.0. The molecular weight excluding hydrogens is 702 g/mol. The van der Waals surface area contributed by atoms with Gasteiger partial charge in [-0.1, -0.05) is 74.7 Å². The Balaban J connectivity index is 0.00000406. The second-order valence-electron chi connectivity index (χ2n) is 12.8. The third kappa shape index (κ3) is 7.48. The number of H-pyrrole nitrogens is 2. The zero-order chi connectivity index (χ0) is 34.0. The Labute approximate surface area is 313 Å². The molecular formula is C43H35N4O2SZn+. The first-order chi connectivity index (χ1) is 24.5. The molecule has 0 saturated heterocycles. The molecule has 0 aliphatic carbocycles. The van der Waals surface area contributed by atoms with Crippen molar-refractivity contribution in [2.24, 2.45) is 0 Å². The molecule has 2 aliphatic heterocycles. The van der Waals surface area contributed by atoms with Gasteiger partial charge < -0.3 is 19.9 Å². The van der Waals surface area contributed by atoms with Gasteiger partial charge in [-0.05, 0) is 108 Å². The number of aromatic nitrogens is 4. The molecule has 6 nitrogen and oxygen atoms in total. The van der Waals surface area contributed by atoms with Crippen molar-refractivity contribution in [1.82, 2.24) is 19.9 Å². The number of carbonyl (C=O) groups is 1. The third-order valence-electron chi connectivity index (χ3n) is 9.17. The summed E-state index contributed by atoms with van der Waals surface area (Å²) in [5.74, 6) is -1.21.